The number of rotatable bonds is 1. The van der Waals surface area contributed by atoms with Crippen LogP contribution in [0.1, 0.15) is 18.5 Å². The summed E-state index contributed by atoms with van der Waals surface area (Å²) in [5.41, 5.74) is 0.467. The van der Waals surface area contributed by atoms with Crippen molar-refractivity contribution in [3.05, 3.63) is 45.2 Å². The zero-order valence-electron chi connectivity index (χ0n) is 6.81. The van der Waals surface area contributed by atoms with E-state index in [9.17, 15) is 8.78 Å². The van der Waals surface area contributed by atoms with Crippen molar-refractivity contribution in [2.45, 2.75) is 13.0 Å². The third-order valence-electron chi connectivity index (χ3n) is 1.68. The maximum absolute atomic E-state index is 12.8. The van der Waals surface area contributed by atoms with Gasteiger partial charge in [0, 0.05) is 11.4 Å². The molecule has 0 spiro atoms. The minimum atomic E-state index is -0.923. The summed E-state index contributed by atoms with van der Waals surface area (Å²) in [4.78, 5) is 3.22. The van der Waals surface area contributed by atoms with E-state index in [4.69, 9.17) is 6.57 Å². The van der Waals surface area contributed by atoms with E-state index in [1.54, 1.807) is 6.92 Å². The minimum Gasteiger partial charge on any atom is -0.309 e. The SMILES string of the molecule is [C-]#[N+]C(C)c1cc(F)c(F)cc1Br. The highest BCUT2D eigenvalue weighted by Gasteiger charge is 2.16. The van der Waals surface area contributed by atoms with Crippen LogP contribution in [0.2, 0.25) is 0 Å². The molecule has 0 saturated carbocycles. The summed E-state index contributed by atoms with van der Waals surface area (Å²) in [6, 6.07) is 1.61. The van der Waals surface area contributed by atoms with Crippen LogP contribution in [-0.4, -0.2) is 0 Å². The predicted molar refractivity (Wildman–Crippen MR) is 49.1 cm³/mol. The van der Waals surface area contributed by atoms with E-state index in [2.05, 4.69) is 20.8 Å². The normalized spacial score (nSPS) is 12.2. The zero-order valence-corrected chi connectivity index (χ0v) is 8.40. The van der Waals surface area contributed by atoms with Gasteiger partial charge in [-0.25, -0.2) is 15.4 Å². The Bertz CT molecular complexity index is 371. The maximum Gasteiger partial charge on any atom is 0.247 e. The Morgan fingerprint density at radius 2 is 1.92 bits per heavy atom. The van der Waals surface area contributed by atoms with Gasteiger partial charge >= 0.3 is 0 Å². The molecule has 1 rings (SSSR count). The lowest BCUT2D eigenvalue weighted by Crippen LogP contribution is -1.93. The van der Waals surface area contributed by atoms with E-state index in [0.29, 0.717) is 10.0 Å². The van der Waals surface area contributed by atoms with Crippen LogP contribution in [0.5, 0.6) is 0 Å². The second-order valence-electron chi connectivity index (χ2n) is 2.59. The summed E-state index contributed by atoms with van der Waals surface area (Å²) >= 11 is 3.07. The highest BCUT2D eigenvalue weighted by Crippen LogP contribution is 2.27. The van der Waals surface area contributed by atoms with Gasteiger partial charge in [-0.2, -0.15) is 0 Å². The predicted octanol–water partition coefficient (Wildman–Crippen LogP) is 3.71. The first-order valence-corrected chi connectivity index (χ1v) is 4.36. The first-order valence-electron chi connectivity index (χ1n) is 3.57. The Morgan fingerprint density at radius 1 is 1.38 bits per heavy atom. The van der Waals surface area contributed by atoms with E-state index in [1.807, 2.05) is 0 Å². The average molecular weight is 246 g/mol. The Balaban J connectivity index is 3.25. The van der Waals surface area contributed by atoms with Gasteiger partial charge in [-0.05, 0) is 12.1 Å². The monoisotopic (exact) mass is 245 g/mol. The Hall–Kier alpha value is -0.950. The number of halogens is 3. The van der Waals surface area contributed by atoms with Crippen LogP contribution in [0.3, 0.4) is 0 Å². The van der Waals surface area contributed by atoms with Gasteiger partial charge in [-0.15, -0.1) is 0 Å². The molecule has 0 aromatic heterocycles. The third-order valence-corrected chi connectivity index (χ3v) is 2.37. The highest BCUT2D eigenvalue weighted by atomic mass is 79.9. The molecule has 0 fully saturated rings. The fraction of sp³-hybridized carbons (Fsp3) is 0.222. The number of hydrogen-bond donors (Lipinski definition) is 0. The van der Waals surface area contributed by atoms with Crippen molar-refractivity contribution in [2.24, 2.45) is 0 Å². The minimum absolute atomic E-state index is 0.426. The summed E-state index contributed by atoms with van der Waals surface area (Å²) in [5.74, 6) is -1.83. The zero-order chi connectivity index (χ0) is 10.0. The molecular weight excluding hydrogens is 240 g/mol. The molecule has 0 saturated heterocycles. The summed E-state index contributed by atoms with van der Waals surface area (Å²) < 4.78 is 25.8. The molecule has 0 bridgehead atoms. The van der Waals surface area contributed by atoms with E-state index >= 15 is 0 Å². The molecule has 0 aliphatic carbocycles. The molecule has 4 heteroatoms. The van der Waals surface area contributed by atoms with Gasteiger partial charge < -0.3 is 4.85 Å². The smallest absolute Gasteiger partial charge is 0.247 e. The maximum atomic E-state index is 12.8. The lowest BCUT2D eigenvalue weighted by Gasteiger charge is -2.03. The molecule has 1 aromatic rings. The van der Waals surface area contributed by atoms with Crippen LogP contribution in [0.4, 0.5) is 8.78 Å². The standard InChI is InChI=1S/C9H6BrF2N/c1-5(13-2)6-3-8(11)9(12)4-7(6)10/h3-5H,1H3. The number of hydrogen-bond acceptors (Lipinski definition) is 0. The summed E-state index contributed by atoms with van der Waals surface area (Å²) in [7, 11) is 0. The molecule has 0 aliphatic rings. The van der Waals surface area contributed by atoms with Crippen molar-refractivity contribution in [3.8, 4) is 0 Å². The Morgan fingerprint density at radius 3 is 2.46 bits per heavy atom. The molecule has 1 unspecified atom stereocenters. The number of benzene rings is 1. The van der Waals surface area contributed by atoms with E-state index in [1.165, 1.54) is 0 Å². The van der Waals surface area contributed by atoms with Crippen molar-refractivity contribution in [3.63, 3.8) is 0 Å². The molecule has 0 N–H and O–H groups in total. The molecule has 0 radical (unpaired) electrons. The molecule has 68 valence electrons. The van der Waals surface area contributed by atoms with Crippen molar-refractivity contribution < 1.29 is 8.78 Å². The van der Waals surface area contributed by atoms with Gasteiger partial charge in [-0.1, -0.05) is 15.9 Å². The Kier molecular flexibility index (Phi) is 2.99. The lowest BCUT2D eigenvalue weighted by atomic mass is 10.1. The molecule has 1 atom stereocenters. The highest BCUT2D eigenvalue weighted by molar-refractivity contribution is 9.10. The molecule has 1 nitrogen and oxygen atoms in total. The van der Waals surface area contributed by atoms with Crippen molar-refractivity contribution in [1.29, 1.82) is 0 Å². The van der Waals surface area contributed by atoms with Gasteiger partial charge in [-0.3, -0.25) is 0 Å². The van der Waals surface area contributed by atoms with E-state index < -0.39 is 17.7 Å². The third kappa shape index (κ3) is 2.04. The summed E-state index contributed by atoms with van der Waals surface area (Å²) in [5, 5.41) is 0. The van der Waals surface area contributed by atoms with E-state index in [0.717, 1.165) is 12.1 Å². The topological polar surface area (TPSA) is 4.36 Å². The molecule has 13 heavy (non-hydrogen) atoms. The van der Waals surface area contributed by atoms with Crippen LogP contribution < -0.4 is 0 Å². The van der Waals surface area contributed by atoms with E-state index in [-0.39, 0.29) is 0 Å². The fourth-order valence-corrected chi connectivity index (χ4v) is 1.57. The van der Waals surface area contributed by atoms with Gasteiger partial charge in [0.25, 0.3) is 0 Å². The number of nitrogens with zero attached hydrogens (tertiary/aromatic N) is 1. The summed E-state index contributed by atoms with van der Waals surface area (Å²) in [6.07, 6.45) is 0. The molecule has 1 aromatic carbocycles. The fourth-order valence-electron chi connectivity index (χ4n) is 0.928. The van der Waals surface area contributed by atoms with Crippen molar-refractivity contribution >= 4 is 15.9 Å². The van der Waals surface area contributed by atoms with Crippen LogP contribution in [0.25, 0.3) is 4.85 Å². The van der Waals surface area contributed by atoms with Crippen LogP contribution >= 0.6 is 15.9 Å². The second kappa shape index (κ2) is 3.84. The van der Waals surface area contributed by atoms with Crippen LogP contribution in [-0.2, 0) is 0 Å². The van der Waals surface area contributed by atoms with Crippen LogP contribution in [0, 0.1) is 18.2 Å². The molecule has 0 amide bonds. The second-order valence-corrected chi connectivity index (χ2v) is 3.45. The summed E-state index contributed by atoms with van der Waals surface area (Å²) in [6.45, 7) is 8.38. The van der Waals surface area contributed by atoms with Gasteiger partial charge in [0.2, 0.25) is 6.04 Å². The van der Waals surface area contributed by atoms with Gasteiger partial charge in [0.15, 0.2) is 11.6 Å². The Labute approximate surface area is 83.3 Å². The largest absolute Gasteiger partial charge is 0.309 e. The van der Waals surface area contributed by atoms with Crippen molar-refractivity contribution in [1.82, 2.24) is 0 Å². The lowest BCUT2D eigenvalue weighted by molar-refractivity contribution is 0.506. The molecule has 0 heterocycles. The van der Waals surface area contributed by atoms with Gasteiger partial charge in [0.05, 0.1) is 5.56 Å². The van der Waals surface area contributed by atoms with Crippen molar-refractivity contribution in [2.75, 3.05) is 0 Å². The quantitative estimate of drug-likeness (QED) is 0.525. The first-order chi connectivity index (χ1) is 6.06. The first kappa shape index (κ1) is 10.1. The molecule has 0 aliphatic heterocycles. The molecular formula is C9H6BrF2N. The van der Waals surface area contributed by atoms with Crippen LogP contribution in [0.15, 0.2) is 16.6 Å². The average Bonchev–Trinajstić information content (AvgIpc) is 2.10. The van der Waals surface area contributed by atoms with Gasteiger partial charge in [0.1, 0.15) is 0 Å².